The number of carbonyl (C=O) groups is 1. The smallest absolute Gasteiger partial charge is 0.289 e. The number of nitrogens with zero attached hydrogens (tertiary/aromatic N) is 2. The lowest BCUT2D eigenvalue weighted by Crippen LogP contribution is -2.18. The molecule has 0 aliphatic carbocycles. The van der Waals surface area contributed by atoms with E-state index in [0.717, 1.165) is 5.56 Å². The monoisotopic (exact) mass is 374 g/mol. The van der Waals surface area contributed by atoms with Gasteiger partial charge in [0.25, 0.3) is 11.2 Å². The highest BCUT2D eigenvalue weighted by atomic mass is 35.5. The first-order valence-corrected chi connectivity index (χ1v) is 7.98. The van der Waals surface area contributed by atoms with E-state index < -0.39 is 10.5 Å². The molecule has 2 N–H and O–H groups in total. The molecule has 0 atom stereocenters. The van der Waals surface area contributed by atoms with Crippen LogP contribution >= 0.6 is 11.6 Å². The van der Waals surface area contributed by atoms with Crippen LogP contribution in [0.5, 0.6) is 0 Å². The highest BCUT2D eigenvalue weighted by Crippen LogP contribution is 2.27. The molecule has 134 valence electrons. The molecule has 1 heterocycles. The number of anilines is 1. The zero-order valence-corrected chi connectivity index (χ0v) is 14.8. The van der Waals surface area contributed by atoms with Crippen molar-refractivity contribution in [2.45, 2.75) is 26.7 Å². The Bertz CT molecular complexity index is 991. The molecule has 26 heavy (non-hydrogen) atoms. The van der Waals surface area contributed by atoms with E-state index in [9.17, 15) is 19.7 Å². The summed E-state index contributed by atoms with van der Waals surface area (Å²) >= 11 is 5.74. The minimum absolute atomic E-state index is 0.0171. The maximum Gasteiger partial charge on any atom is 0.289 e. The Morgan fingerprint density at radius 1 is 1.42 bits per heavy atom. The molecule has 2 aromatic rings. The van der Waals surface area contributed by atoms with E-state index in [1.807, 2.05) is 6.07 Å². The summed E-state index contributed by atoms with van der Waals surface area (Å²) in [5, 5.41) is 22.5. The molecular weight excluding hydrogens is 360 g/mol. The normalized spacial score (nSPS) is 10.2. The molecule has 2 rings (SSSR count). The Kier molecular flexibility index (Phi) is 5.75. The quantitative estimate of drug-likeness (QED) is 0.613. The Hall–Kier alpha value is -3.18. The van der Waals surface area contributed by atoms with Crippen molar-refractivity contribution >= 4 is 28.9 Å². The van der Waals surface area contributed by atoms with Crippen molar-refractivity contribution in [3.8, 4) is 6.07 Å². The molecule has 9 heteroatoms. The van der Waals surface area contributed by atoms with Crippen molar-refractivity contribution in [3.63, 3.8) is 0 Å². The summed E-state index contributed by atoms with van der Waals surface area (Å²) in [6.45, 7) is 3.36. The van der Waals surface area contributed by atoms with Gasteiger partial charge >= 0.3 is 0 Å². The summed E-state index contributed by atoms with van der Waals surface area (Å²) in [5.41, 5.74) is 1.40. The number of aromatic amines is 1. The van der Waals surface area contributed by atoms with E-state index >= 15 is 0 Å². The van der Waals surface area contributed by atoms with Crippen molar-refractivity contribution in [1.29, 1.82) is 5.26 Å². The highest BCUT2D eigenvalue weighted by Gasteiger charge is 2.16. The van der Waals surface area contributed by atoms with E-state index in [2.05, 4.69) is 10.3 Å². The molecule has 8 nitrogen and oxygen atoms in total. The number of nitriles is 1. The van der Waals surface area contributed by atoms with E-state index in [1.165, 1.54) is 18.2 Å². The summed E-state index contributed by atoms with van der Waals surface area (Å²) in [7, 11) is 0. The van der Waals surface area contributed by atoms with Crippen LogP contribution in [0.3, 0.4) is 0 Å². The molecular formula is C17H15ClN4O4. The number of hydrogen-bond acceptors (Lipinski definition) is 5. The van der Waals surface area contributed by atoms with E-state index in [0.29, 0.717) is 17.7 Å². The molecule has 1 aromatic heterocycles. The number of pyridine rings is 1. The van der Waals surface area contributed by atoms with Crippen molar-refractivity contribution in [2.75, 3.05) is 5.32 Å². The van der Waals surface area contributed by atoms with Gasteiger partial charge in [0, 0.05) is 23.9 Å². The second-order valence-corrected chi connectivity index (χ2v) is 6.05. The summed E-state index contributed by atoms with van der Waals surface area (Å²) < 4.78 is 0. The predicted octanol–water partition coefficient (Wildman–Crippen LogP) is 3.00. The van der Waals surface area contributed by atoms with E-state index in [-0.39, 0.29) is 34.3 Å². The van der Waals surface area contributed by atoms with Crippen molar-refractivity contribution in [3.05, 3.63) is 66.1 Å². The van der Waals surface area contributed by atoms with E-state index in [1.54, 1.807) is 13.8 Å². The van der Waals surface area contributed by atoms with Gasteiger partial charge in [-0.3, -0.25) is 19.7 Å². The molecule has 0 aliphatic heterocycles. The van der Waals surface area contributed by atoms with Gasteiger partial charge in [-0.05, 0) is 43.5 Å². The molecule has 0 fully saturated rings. The minimum Gasteiger partial charge on any atom is -0.326 e. The maximum atomic E-state index is 12.1. The fourth-order valence-electron chi connectivity index (χ4n) is 2.61. The number of rotatable bonds is 5. The zero-order chi connectivity index (χ0) is 19.4. The van der Waals surface area contributed by atoms with Crippen LogP contribution in [-0.4, -0.2) is 15.8 Å². The van der Waals surface area contributed by atoms with Crippen LogP contribution in [0.2, 0.25) is 5.02 Å². The first-order valence-electron chi connectivity index (χ1n) is 7.60. The number of benzene rings is 1. The largest absolute Gasteiger partial charge is 0.326 e. The number of H-pyrrole nitrogens is 1. The number of nitrogens with one attached hydrogen (secondary N) is 2. The second kappa shape index (κ2) is 7.80. The van der Waals surface area contributed by atoms with Gasteiger partial charge < -0.3 is 10.3 Å². The number of nitro benzene ring substituents is 1. The van der Waals surface area contributed by atoms with Crippen molar-refractivity contribution in [1.82, 2.24) is 4.98 Å². The van der Waals surface area contributed by atoms with Crippen LogP contribution < -0.4 is 10.9 Å². The zero-order valence-electron chi connectivity index (χ0n) is 14.1. The fraction of sp³-hybridized carbons (Fsp3) is 0.235. The van der Waals surface area contributed by atoms with Gasteiger partial charge in [0.15, 0.2) is 0 Å². The molecule has 0 saturated carbocycles. The lowest BCUT2D eigenvalue weighted by molar-refractivity contribution is -0.384. The van der Waals surface area contributed by atoms with Gasteiger partial charge in [0.1, 0.15) is 16.7 Å². The fourth-order valence-corrected chi connectivity index (χ4v) is 2.80. The summed E-state index contributed by atoms with van der Waals surface area (Å²) in [4.78, 5) is 36.7. The molecule has 0 aliphatic rings. The second-order valence-electron chi connectivity index (χ2n) is 5.64. The number of aryl methyl sites for hydroxylation is 1. The Balaban J connectivity index is 2.13. The van der Waals surface area contributed by atoms with Crippen LogP contribution in [0, 0.1) is 35.3 Å². The van der Waals surface area contributed by atoms with Gasteiger partial charge in [-0.25, -0.2) is 0 Å². The summed E-state index contributed by atoms with van der Waals surface area (Å²) in [6.07, 6.45) is 0.389. The number of carbonyl (C=O) groups excluding carboxylic acids is 1. The number of hydrogen-bond donors (Lipinski definition) is 2. The molecule has 0 bridgehead atoms. The summed E-state index contributed by atoms with van der Waals surface area (Å²) in [6, 6.07) is 5.85. The Labute approximate surface area is 153 Å². The van der Waals surface area contributed by atoms with Gasteiger partial charge in [-0.2, -0.15) is 5.26 Å². The number of aromatic nitrogens is 1. The number of halogens is 1. The van der Waals surface area contributed by atoms with Gasteiger partial charge in [-0.1, -0.05) is 11.6 Å². The van der Waals surface area contributed by atoms with E-state index in [4.69, 9.17) is 16.9 Å². The molecule has 0 radical (unpaired) electrons. The first kappa shape index (κ1) is 19.1. The van der Waals surface area contributed by atoms with Crippen molar-refractivity contribution in [2.24, 2.45) is 0 Å². The first-order chi connectivity index (χ1) is 12.2. The Morgan fingerprint density at radius 3 is 2.73 bits per heavy atom. The third-order valence-corrected chi connectivity index (χ3v) is 4.27. The third kappa shape index (κ3) is 4.07. The predicted molar refractivity (Wildman–Crippen MR) is 96.3 cm³/mol. The molecule has 0 unspecified atom stereocenters. The Morgan fingerprint density at radius 2 is 2.12 bits per heavy atom. The maximum absolute atomic E-state index is 12.1. The highest BCUT2D eigenvalue weighted by molar-refractivity contribution is 6.32. The average molecular weight is 375 g/mol. The van der Waals surface area contributed by atoms with Crippen LogP contribution in [-0.2, 0) is 11.2 Å². The van der Waals surface area contributed by atoms with Crippen molar-refractivity contribution < 1.29 is 9.72 Å². The topological polar surface area (TPSA) is 129 Å². The molecule has 0 saturated heterocycles. The van der Waals surface area contributed by atoms with Crippen LogP contribution in [0.1, 0.15) is 28.8 Å². The molecule has 0 spiro atoms. The lowest BCUT2D eigenvalue weighted by atomic mass is 9.99. The van der Waals surface area contributed by atoms with Crippen LogP contribution in [0.25, 0.3) is 0 Å². The molecule has 1 amide bonds. The van der Waals surface area contributed by atoms with Crippen LogP contribution in [0.15, 0.2) is 23.0 Å². The van der Waals surface area contributed by atoms with Gasteiger partial charge in [0.05, 0.1) is 4.92 Å². The third-order valence-electron chi connectivity index (χ3n) is 3.95. The summed E-state index contributed by atoms with van der Waals surface area (Å²) in [5.74, 6) is -0.356. The lowest BCUT2D eigenvalue weighted by Gasteiger charge is -2.11. The number of amides is 1. The molecule has 1 aromatic carbocycles. The SMILES string of the molecule is Cc1[nH]c(=O)c(C#N)c(C)c1CCC(=O)Nc1ccc(Cl)c([N+](=O)[O-])c1. The standard InChI is InChI=1S/C17H15ClN4O4/c1-9-12(10(2)20-17(24)13(9)8-19)4-6-16(23)21-11-3-5-14(18)15(7-11)22(25)26/h3,5,7H,4,6H2,1-2H3,(H,20,24)(H,21,23). The average Bonchev–Trinajstić information content (AvgIpc) is 2.56. The van der Waals surface area contributed by atoms with Gasteiger partial charge in [0.2, 0.25) is 5.91 Å². The number of nitro groups is 1. The van der Waals surface area contributed by atoms with Gasteiger partial charge in [-0.15, -0.1) is 0 Å². The minimum atomic E-state index is -0.631. The van der Waals surface area contributed by atoms with Crippen LogP contribution in [0.4, 0.5) is 11.4 Å².